The zero-order valence-corrected chi connectivity index (χ0v) is 20.8. The van der Waals surface area contributed by atoms with Crippen molar-refractivity contribution in [3.63, 3.8) is 0 Å². The van der Waals surface area contributed by atoms with E-state index >= 15 is 0 Å². The number of alkyl halides is 3. The molecule has 0 fully saturated rings. The average molecular weight is 604 g/mol. The maximum absolute atomic E-state index is 12.7. The average Bonchev–Trinajstić information content (AvgIpc) is 2.79. The van der Waals surface area contributed by atoms with Crippen molar-refractivity contribution in [3.8, 4) is 5.75 Å². The number of sulfonamides is 1. The van der Waals surface area contributed by atoms with Crippen LogP contribution in [0.25, 0.3) is 11.0 Å². The molecule has 14 heteroatoms. The molecule has 4 aromatic rings. The van der Waals surface area contributed by atoms with Gasteiger partial charge in [0.05, 0.1) is 10.5 Å². The fourth-order valence-electron chi connectivity index (χ4n) is 3.07. The van der Waals surface area contributed by atoms with Crippen molar-refractivity contribution in [1.29, 1.82) is 0 Å². The molecule has 1 heterocycles. The molecule has 4 rings (SSSR count). The van der Waals surface area contributed by atoms with Crippen molar-refractivity contribution in [2.75, 3.05) is 4.72 Å². The second-order valence-electron chi connectivity index (χ2n) is 7.24. The van der Waals surface area contributed by atoms with Crippen LogP contribution in [0.5, 0.6) is 5.75 Å². The van der Waals surface area contributed by atoms with Crippen molar-refractivity contribution >= 4 is 52.7 Å². The molecule has 0 saturated carbocycles. The zero-order chi connectivity index (χ0) is 26.3. The number of rotatable bonds is 6. The third kappa shape index (κ3) is 5.39. The Balaban J connectivity index is 1.67. The Morgan fingerprint density at radius 2 is 1.53 bits per heavy atom. The quantitative estimate of drug-likeness (QED) is 0.239. The van der Waals surface area contributed by atoms with Crippen LogP contribution in [-0.4, -0.2) is 16.8 Å². The fourth-order valence-corrected chi connectivity index (χ4v) is 5.65. The molecule has 188 valence electrons. The van der Waals surface area contributed by atoms with Crippen molar-refractivity contribution in [1.82, 2.24) is 0 Å². The molecule has 0 aliphatic rings. The number of anilines is 1. The Labute approximate surface area is 210 Å². The van der Waals surface area contributed by atoms with Gasteiger partial charge in [0.25, 0.3) is 10.0 Å². The van der Waals surface area contributed by atoms with Gasteiger partial charge in [-0.25, -0.2) is 13.2 Å². The van der Waals surface area contributed by atoms with E-state index in [1.165, 1.54) is 36.4 Å². The first-order valence-electron chi connectivity index (χ1n) is 9.73. The van der Waals surface area contributed by atoms with E-state index < -0.39 is 48.1 Å². The first-order valence-corrected chi connectivity index (χ1v) is 13.4. The van der Waals surface area contributed by atoms with Crippen LogP contribution in [0.1, 0.15) is 5.56 Å². The van der Waals surface area contributed by atoms with E-state index in [1.807, 2.05) is 4.72 Å². The van der Waals surface area contributed by atoms with Gasteiger partial charge in [0.2, 0.25) is 0 Å². The largest absolute Gasteiger partial charge is 0.417 e. The highest BCUT2D eigenvalue weighted by molar-refractivity contribution is 9.10. The van der Waals surface area contributed by atoms with Crippen molar-refractivity contribution in [3.05, 3.63) is 93.3 Å². The molecular weight excluding hydrogens is 591 g/mol. The highest BCUT2D eigenvalue weighted by atomic mass is 79.9. The number of halogens is 4. The molecular formula is C22H13BrF3NO7S2. The Bertz CT molecular complexity index is 1730. The Kier molecular flexibility index (Phi) is 6.62. The van der Waals surface area contributed by atoms with Crippen LogP contribution in [0, 0.1) is 0 Å². The van der Waals surface area contributed by atoms with Gasteiger partial charge in [0, 0.05) is 9.86 Å². The summed E-state index contributed by atoms with van der Waals surface area (Å²) in [5, 5.41) is 0.113. The van der Waals surface area contributed by atoms with E-state index in [0.717, 1.165) is 18.2 Å². The second-order valence-corrected chi connectivity index (χ2v) is 11.4. The second kappa shape index (κ2) is 9.26. The fraction of sp³-hybridized carbons (Fsp3) is 0.0455. The molecule has 8 nitrogen and oxygen atoms in total. The van der Waals surface area contributed by atoms with Gasteiger partial charge >= 0.3 is 21.9 Å². The van der Waals surface area contributed by atoms with Gasteiger partial charge in [-0.2, -0.15) is 21.6 Å². The SMILES string of the molecule is O=c1oc2c(OS(=O)(=O)c3cccc(Br)c3)cccc2cc1NS(=O)(=O)c1ccc(C(F)(F)F)cc1. The molecule has 36 heavy (non-hydrogen) atoms. The van der Waals surface area contributed by atoms with E-state index in [0.29, 0.717) is 16.6 Å². The lowest BCUT2D eigenvalue weighted by Gasteiger charge is -2.11. The van der Waals surface area contributed by atoms with Crippen molar-refractivity contribution < 1.29 is 38.6 Å². The molecule has 1 N–H and O–H groups in total. The molecule has 0 bridgehead atoms. The summed E-state index contributed by atoms with van der Waals surface area (Å²) in [4.78, 5) is 11.8. The standard InChI is InChI=1S/C22H13BrF3NO7S2/c23-15-4-2-5-17(12-15)36(31,32)34-19-6-1-3-13-11-18(21(28)33-20(13)19)27-35(29,30)16-9-7-14(8-10-16)22(24,25)26/h1-12,27H. The first kappa shape index (κ1) is 25.7. The summed E-state index contributed by atoms with van der Waals surface area (Å²) in [5.74, 6) is -0.318. The van der Waals surface area contributed by atoms with Gasteiger partial charge in [0.15, 0.2) is 11.3 Å². The summed E-state index contributed by atoms with van der Waals surface area (Å²) in [6, 6.07) is 13.5. The van der Waals surface area contributed by atoms with Gasteiger partial charge in [-0.3, -0.25) is 4.72 Å². The lowest BCUT2D eigenvalue weighted by molar-refractivity contribution is -0.137. The number of hydrogen-bond donors (Lipinski definition) is 1. The third-order valence-electron chi connectivity index (χ3n) is 4.74. The van der Waals surface area contributed by atoms with Crippen LogP contribution in [0.2, 0.25) is 0 Å². The van der Waals surface area contributed by atoms with Gasteiger partial charge < -0.3 is 8.60 Å². The van der Waals surface area contributed by atoms with Gasteiger partial charge in [-0.1, -0.05) is 34.1 Å². The van der Waals surface area contributed by atoms with Crippen LogP contribution in [0.15, 0.2) is 96.3 Å². The smallest absolute Gasteiger partial charge is 0.416 e. The molecule has 0 amide bonds. The van der Waals surface area contributed by atoms with E-state index in [2.05, 4.69) is 15.9 Å². The number of hydrogen-bond acceptors (Lipinski definition) is 7. The minimum absolute atomic E-state index is 0.113. The minimum Gasteiger partial charge on any atom is -0.417 e. The molecule has 0 spiro atoms. The maximum Gasteiger partial charge on any atom is 0.416 e. The summed E-state index contributed by atoms with van der Waals surface area (Å²) < 4.78 is 102. The maximum atomic E-state index is 12.7. The van der Waals surface area contributed by atoms with Crippen molar-refractivity contribution in [2.24, 2.45) is 0 Å². The first-order chi connectivity index (χ1) is 16.8. The predicted molar refractivity (Wildman–Crippen MR) is 127 cm³/mol. The lowest BCUT2D eigenvalue weighted by atomic mass is 10.2. The Hall–Kier alpha value is -3.36. The molecule has 0 aliphatic heterocycles. The van der Waals surface area contributed by atoms with Gasteiger partial charge in [-0.15, -0.1) is 0 Å². The number of nitrogens with one attached hydrogen (secondary N) is 1. The minimum atomic E-state index is -4.65. The summed E-state index contributed by atoms with van der Waals surface area (Å²) in [7, 11) is -8.77. The molecule has 0 aliphatic carbocycles. The molecule has 0 saturated heterocycles. The molecule has 1 aromatic heterocycles. The summed E-state index contributed by atoms with van der Waals surface area (Å²) in [6.07, 6.45) is -4.65. The molecule has 3 aromatic carbocycles. The summed E-state index contributed by atoms with van der Waals surface area (Å²) >= 11 is 3.16. The van der Waals surface area contributed by atoms with Crippen LogP contribution in [-0.2, 0) is 26.3 Å². The predicted octanol–water partition coefficient (Wildman–Crippen LogP) is 5.14. The highest BCUT2D eigenvalue weighted by Gasteiger charge is 2.31. The third-order valence-corrected chi connectivity index (χ3v) is 7.85. The van der Waals surface area contributed by atoms with Crippen LogP contribution in [0.4, 0.5) is 18.9 Å². The van der Waals surface area contributed by atoms with Gasteiger partial charge in [0.1, 0.15) is 10.6 Å². The van der Waals surface area contributed by atoms with Crippen molar-refractivity contribution in [2.45, 2.75) is 16.0 Å². The monoisotopic (exact) mass is 603 g/mol. The number of para-hydroxylation sites is 1. The molecule has 0 atom stereocenters. The van der Waals surface area contributed by atoms with Crippen LogP contribution < -0.4 is 14.5 Å². The normalized spacial score (nSPS) is 12.4. The summed E-state index contributed by atoms with van der Waals surface area (Å²) in [6.45, 7) is 0. The summed E-state index contributed by atoms with van der Waals surface area (Å²) in [5.41, 5.74) is -3.04. The van der Waals surface area contributed by atoms with Crippen LogP contribution in [0.3, 0.4) is 0 Å². The van der Waals surface area contributed by atoms with E-state index in [4.69, 9.17) is 8.60 Å². The lowest BCUT2D eigenvalue weighted by Crippen LogP contribution is -2.19. The molecule has 0 radical (unpaired) electrons. The van der Waals surface area contributed by atoms with E-state index in [1.54, 1.807) is 6.07 Å². The van der Waals surface area contributed by atoms with Gasteiger partial charge in [-0.05, 0) is 54.6 Å². The Morgan fingerprint density at radius 3 is 2.17 bits per heavy atom. The van der Waals surface area contributed by atoms with Crippen LogP contribution >= 0.6 is 15.9 Å². The van der Waals surface area contributed by atoms with E-state index in [-0.39, 0.29) is 21.6 Å². The topological polar surface area (TPSA) is 120 Å². The van der Waals surface area contributed by atoms with E-state index in [9.17, 15) is 34.8 Å². The number of benzene rings is 3. The number of fused-ring (bicyclic) bond motifs is 1. The highest BCUT2D eigenvalue weighted by Crippen LogP contribution is 2.31. The molecule has 0 unspecified atom stereocenters. The Morgan fingerprint density at radius 1 is 0.861 bits per heavy atom. The zero-order valence-electron chi connectivity index (χ0n) is 17.6.